The summed E-state index contributed by atoms with van der Waals surface area (Å²) in [6, 6.07) is -0.456. The van der Waals surface area contributed by atoms with E-state index in [9.17, 15) is 23.1 Å². The fraction of sp³-hybridized carbons (Fsp3) is 0.588. The van der Waals surface area contributed by atoms with Gasteiger partial charge < -0.3 is 15.7 Å². The van der Waals surface area contributed by atoms with Crippen molar-refractivity contribution in [3.8, 4) is 11.8 Å². The van der Waals surface area contributed by atoms with Crippen molar-refractivity contribution in [1.29, 1.82) is 0 Å². The lowest BCUT2D eigenvalue weighted by Crippen LogP contribution is -2.49. The van der Waals surface area contributed by atoms with Gasteiger partial charge in [-0.3, -0.25) is 9.64 Å². The molecule has 2 atom stereocenters. The first-order valence-electron chi connectivity index (χ1n) is 8.34. The Balaban J connectivity index is 1.83. The molecule has 2 aliphatic rings. The number of hydrogen-bond acceptors (Lipinski definition) is 4. The number of aliphatic hydroxyl groups is 1. The molecule has 144 valence electrons. The zero-order valence-corrected chi connectivity index (χ0v) is 14.3. The molecule has 9 heteroatoms. The Bertz CT molecular complexity index is 612. The van der Waals surface area contributed by atoms with Crippen molar-refractivity contribution in [3.05, 3.63) is 23.9 Å². The second-order valence-corrected chi connectivity index (χ2v) is 6.07. The van der Waals surface area contributed by atoms with Crippen LogP contribution in [0.15, 0.2) is 23.9 Å². The van der Waals surface area contributed by atoms with Crippen molar-refractivity contribution in [2.75, 3.05) is 13.1 Å². The number of piperidine rings is 1. The Labute approximate surface area is 150 Å². The van der Waals surface area contributed by atoms with Gasteiger partial charge in [0.05, 0.1) is 0 Å². The molecule has 2 rings (SSSR count). The molecule has 0 saturated carbocycles. The van der Waals surface area contributed by atoms with Gasteiger partial charge in [0, 0.05) is 31.2 Å². The number of carbonyl (C=O) groups excluding carboxylic acids is 1. The number of nitrogens with zero attached hydrogens (tertiary/aromatic N) is 1. The summed E-state index contributed by atoms with van der Waals surface area (Å²) >= 11 is 0. The van der Waals surface area contributed by atoms with Crippen LogP contribution in [0.3, 0.4) is 0 Å². The third-order valence-electron chi connectivity index (χ3n) is 4.03. The van der Waals surface area contributed by atoms with Crippen LogP contribution in [0.5, 0.6) is 0 Å². The molecule has 0 aromatic heterocycles. The molecule has 0 aromatic carbocycles. The zero-order chi connectivity index (χ0) is 19.2. The number of urea groups is 1. The molecule has 2 unspecified atom stereocenters. The molecular weight excluding hydrogens is 351 g/mol. The van der Waals surface area contributed by atoms with Crippen molar-refractivity contribution in [2.24, 2.45) is 0 Å². The number of aliphatic hydroxyl groups excluding tert-OH is 1. The minimum Gasteiger partial charge on any atom is -0.379 e. The molecule has 6 nitrogen and oxygen atoms in total. The predicted molar refractivity (Wildman–Crippen MR) is 88.5 cm³/mol. The summed E-state index contributed by atoms with van der Waals surface area (Å²) in [5.74, 6) is 4.91. The Morgan fingerprint density at radius 1 is 1.42 bits per heavy atom. The summed E-state index contributed by atoms with van der Waals surface area (Å²) in [5.41, 5.74) is 0.355. The Kier molecular flexibility index (Phi) is 7.08. The normalized spacial score (nSPS) is 23.1. The van der Waals surface area contributed by atoms with Gasteiger partial charge in [-0.1, -0.05) is 11.8 Å². The largest absolute Gasteiger partial charge is 0.524 e. The maximum atomic E-state index is 12.3. The second kappa shape index (κ2) is 9.07. The molecule has 3 N–H and O–H groups in total. The molecule has 0 spiro atoms. The third kappa shape index (κ3) is 7.07. The van der Waals surface area contributed by atoms with Crippen molar-refractivity contribution >= 4 is 6.03 Å². The first-order chi connectivity index (χ1) is 12.2. The van der Waals surface area contributed by atoms with Gasteiger partial charge in [-0.05, 0) is 38.0 Å². The number of rotatable bonds is 4. The lowest BCUT2D eigenvalue weighted by molar-refractivity contribution is -0.329. The quantitative estimate of drug-likeness (QED) is 0.658. The predicted octanol–water partition coefficient (Wildman–Crippen LogP) is 1.84. The highest BCUT2D eigenvalue weighted by molar-refractivity contribution is 5.76. The maximum absolute atomic E-state index is 12.3. The van der Waals surface area contributed by atoms with Crippen LogP contribution in [0.2, 0.25) is 0 Å². The van der Waals surface area contributed by atoms with E-state index in [0.29, 0.717) is 31.6 Å². The van der Waals surface area contributed by atoms with Crippen LogP contribution in [-0.2, 0) is 4.74 Å². The molecule has 0 aromatic rings. The number of allylic oxidation sites excluding steroid dienone is 2. The molecule has 1 fully saturated rings. The smallest absolute Gasteiger partial charge is 0.379 e. The molecule has 2 amide bonds. The van der Waals surface area contributed by atoms with Crippen molar-refractivity contribution < 1.29 is 27.8 Å². The molecule has 0 radical (unpaired) electrons. The molecular formula is C17H22F3N3O3. The van der Waals surface area contributed by atoms with Gasteiger partial charge in [0.15, 0.2) is 0 Å². The number of halogens is 3. The van der Waals surface area contributed by atoms with Crippen molar-refractivity contribution in [3.63, 3.8) is 0 Å². The number of alkyl halides is 3. The van der Waals surface area contributed by atoms with Gasteiger partial charge in [-0.25, -0.2) is 4.79 Å². The number of amides is 2. The third-order valence-corrected chi connectivity index (χ3v) is 4.03. The van der Waals surface area contributed by atoms with E-state index >= 15 is 0 Å². The maximum Gasteiger partial charge on any atom is 0.524 e. The van der Waals surface area contributed by atoms with Gasteiger partial charge in [0.2, 0.25) is 0 Å². The highest BCUT2D eigenvalue weighted by Gasteiger charge is 2.32. The van der Waals surface area contributed by atoms with Crippen LogP contribution < -0.4 is 10.6 Å². The minimum atomic E-state index is -4.78. The lowest BCUT2D eigenvalue weighted by atomic mass is 10.1. The van der Waals surface area contributed by atoms with Crippen LogP contribution in [0.1, 0.15) is 26.2 Å². The average Bonchev–Trinajstić information content (AvgIpc) is 2.52. The van der Waals surface area contributed by atoms with E-state index in [0.717, 1.165) is 6.08 Å². The van der Waals surface area contributed by atoms with E-state index in [4.69, 9.17) is 0 Å². The molecule has 26 heavy (non-hydrogen) atoms. The van der Waals surface area contributed by atoms with Gasteiger partial charge in [0.25, 0.3) is 0 Å². The summed E-state index contributed by atoms with van der Waals surface area (Å²) < 4.78 is 40.7. The molecule has 1 aliphatic heterocycles. The first-order valence-corrected chi connectivity index (χ1v) is 8.34. The summed E-state index contributed by atoms with van der Waals surface area (Å²) in [6.07, 6.45) is -0.977. The monoisotopic (exact) mass is 373 g/mol. The molecule has 1 saturated heterocycles. The van der Waals surface area contributed by atoms with Crippen LogP contribution >= 0.6 is 0 Å². The zero-order valence-electron chi connectivity index (χ0n) is 14.3. The molecule has 0 bridgehead atoms. The number of likely N-dealkylation sites (tertiary alicyclic amines) is 1. The summed E-state index contributed by atoms with van der Waals surface area (Å²) in [4.78, 5) is 14.0. The van der Waals surface area contributed by atoms with Crippen molar-refractivity contribution in [2.45, 2.75) is 50.9 Å². The second-order valence-electron chi connectivity index (χ2n) is 6.07. The topological polar surface area (TPSA) is 73.8 Å². The molecule has 1 aliphatic carbocycles. The standard InChI is InChI=1S/C17H22F3N3O3/c1-12(24)23-10-8-14(9-11-23)22-16(25)21-13-4-2-3-5-15(7-6-13)26-17(18,19)20/h4,6-7,12,14-15,24H,2,8-11H2,1H3,(H2,21,22,25). The van der Waals surface area contributed by atoms with E-state index in [1.165, 1.54) is 6.08 Å². The Morgan fingerprint density at radius 2 is 2.12 bits per heavy atom. The van der Waals surface area contributed by atoms with E-state index in [1.54, 1.807) is 13.0 Å². The molecule has 1 heterocycles. The van der Waals surface area contributed by atoms with E-state index in [-0.39, 0.29) is 12.5 Å². The number of carbonyl (C=O) groups is 1. The minimum absolute atomic E-state index is 0.0239. The van der Waals surface area contributed by atoms with Crippen LogP contribution in [-0.4, -0.2) is 53.9 Å². The first kappa shape index (κ1) is 20.3. The van der Waals surface area contributed by atoms with E-state index in [1.807, 2.05) is 4.90 Å². The number of ether oxygens (including phenoxy) is 1. The Hall–Kier alpha value is -2.02. The Morgan fingerprint density at radius 3 is 2.73 bits per heavy atom. The van der Waals surface area contributed by atoms with E-state index in [2.05, 4.69) is 27.2 Å². The lowest BCUT2D eigenvalue weighted by Gasteiger charge is -2.33. The van der Waals surface area contributed by atoms with Gasteiger partial charge in [-0.2, -0.15) is 0 Å². The van der Waals surface area contributed by atoms with Crippen molar-refractivity contribution in [1.82, 2.24) is 15.5 Å². The fourth-order valence-corrected chi connectivity index (χ4v) is 2.70. The van der Waals surface area contributed by atoms with E-state index < -0.39 is 24.7 Å². The van der Waals surface area contributed by atoms with Gasteiger partial charge in [0.1, 0.15) is 12.3 Å². The SMILES string of the molecule is CC(O)N1CCC(NC(=O)NC2=CCC#CC(OC(F)(F)F)C=C2)CC1. The van der Waals surface area contributed by atoms with Crippen LogP contribution in [0.25, 0.3) is 0 Å². The summed E-state index contributed by atoms with van der Waals surface area (Å²) in [5, 5.41) is 15.0. The highest BCUT2D eigenvalue weighted by atomic mass is 19.4. The highest BCUT2D eigenvalue weighted by Crippen LogP contribution is 2.19. The van der Waals surface area contributed by atoms with Crippen LogP contribution in [0.4, 0.5) is 18.0 Å². The van der Waals surface area contributed by atoms with Gasteiger partial charge in [-0.15, -0.1) is 13.2 Å². The summed E-state index contributed by atoms with van der Waals surface area (Å²) in [7, 11) is 0. The number of hydrogen-bond donors (Lipinski definition) is 3. The van der Waals surface area contributed by atoms with Crippen LogP contribution in [0, 0.1) is 11.8 Å². The average molecular weight is 373 g/mol. The summed E-state index contributed by atoms with van der Waals surface area (Å²) in [6.45, 7) is 3.06. The van der Waals surface area contributed by atoms with Gasteiger partial charge >= 0.3 is 12.4 Å². The fourth-order valence-electron chi connectivity index (χ4n) is 2.70. The number of nitrogens with one attached hydrogen (secondary N) is 2.